The molecule has 0 N–H and O–H groups in total. The number of hydrogen-bond donors (Lipinski definition) is 0. The van der Waals surface area contributed by atoms with Crippen molar-refractivity contribution in [3.63, 3.8) is 0 Å². The van der Waals surface area contributed by atoms with E-state index in [1.807, 2.05) is 0 Å². The monoisotopic (exact) mass is 196 g/mol. The Kier molecular flexibility index (Phi) is 240. The number of terminal acetylenes is 1. The summed E-state index contributed by atoms with van der Waals surface area (Å²) in [6.45, 7) is 0. The van der Waals surface area contributed by atoms with E-state index in [0.717, 1.165) is 0 Å². The first kappa shape index (κ1) is 21.2. The minimum absolute atomic E-state index is 0. The first-order valence-corrected chi connectivity index (χ1v) is 0.333. The van der Waals surface area contributed by atoms with Crippen LogP contribution in [0.15, 0.2) is 0 Å². The van der Waals surface area contributed by atoms with Crippen LogP contribution in [0.25, 0.3) is 0 Å². The maximum absolute atomic E-state index is 4.00. The molecule has 0 aromatic heterocycles. The van der Waals surface area contributed by atoms with Crippen molar-refractivity contribution in [1.29, 1.82) is 0 Å². The Bertz CT molecular complexity index is 10.8. The molecule has 0 heterocycles. The third kappa shape index (κ3) is 13.9. The van der Waals surface area contributed by atoms with Crippen LogP contribution >= 0.6 is 0 Å². The second-order valence-electron chi connectivity index (χ2n) is 0. The maximum atomic E-state index is 4.00. The summed E-state index contributed by atoms with van der Waals surface area (Å²) < 4.78 is 0. The second-order valence-corrected chi connectivity index (χ2v) is 0. The van der Waals surface area contributed by atoms with E-state index in [1.54, 1.807) is 0 Å². The predicted molar refractivity (Wildman–Crippen MR) is 9.89 cm³/mol. The quantitative estimate of drug-likeness (QED) is 0.386. The molecule has 0 bridgehead atoms. The van der Waals surface area contributed by atoms with E-state index in [4.69, 9.17) is 0 Å². The minimum Gasteiger partial charge on any atom is -0.124 e. The van der Waals surface area contributed by atoms with E-state index < -0.39 is 0 Å². The van der Waals surface area contributed by atoms with Gasteiger partial charge in [-0.15, -0.1) is 12.8 Å². The molecule has 0 saturated heterocycles. The van der Waals surface area contributed by atoms with E-state index in [1.165, 1.54) is 0 Å². The molecule has 0 aliphatic carbocycles. The summed E-state index contributed by atoms with van der Waals surface area (Å²) >= 11 is 0. The normalized spacial score (nSPS) is 0.500. The zero-order valence-electron chi connectivity index (χ0n) is 1.76. The van der Waals surface area contributed by atoms with Crippen LogP contribution in [0, 0.1) is 12.8 Å². The van der Waals surface area contributed by atoms with Crippen molar-refractivity contribution >= 4 is 0 Å². The van der Waals surface area contributed by atoms with Crippen LogP contribution in [-0.2, 0) is 39.4 Å². The Labute approximate surface area is 52.3 Å². The van der Waals surface area contributed by atoms with E-state index in [0.29, 0.717) is 0 Å². The molecule has 0 spiro atoms. The van der Waals surface area contributed by atoms with E-state index in [-0.39, 0.29) is 39.4 Å². The van der Waals surface area contributed by atoms with Crippen LogP contribution in [0.1, 0.15) is 0 Å². The van der Waals surface area contributed by atoms with Gasteiger partial charge in [-0.1, -0.05) is 0 Å². The van der Waals surface area contributed by atoms with E-state index in [2.05, 4.69) is 12.8 Å². The van der Waals surface area contributed by atoms with Gasteiger partial charge in [0.15, 0.2) is 0 Å². The molecule has 0 unspecified atom stereocenters. The van der Waals surface area contributed by atoms with Gasteiger partial charge in [0.25, 0.3) is 0 Å². The molecule has 0 amide bonds. The van der Waals surface area contributed by atoms with Crippen molar-refractivity contribution in [3.8, 4) is 12.8 Å². The van der Waals surface area contributed by atoms with Gasteiger partial charge in [-0.2, -0.15) is 0 Å². The SMILES string of the molecule is C#C.[Ag].[Cu]. The molecular formula is C2H2AgCu. The van der Waals surface area contributed by atoms with Gasteiger partial charge >= 0.3 is 0 Å². The van der Waals surface area contributed by atoms with Crippen LogP contribution in [-0.4, -0.2) is 0 Å². The van der Waals surface area contributed by atoms with Crippen molar-refractivity contribution < 1.29 is 39.4 Å². The van der Waals surface area contributed by atoms with Gasteiger partial charge in [-0.05, 0) is 0 Å². The molecule has 0 aliphatic heterocycles. The summed E-state index contributed by atoms with van der Waals surface area (Å²) in [4.78, 5) is 0. The first-order chi connectivity index (χ1) is 1.00. The summed E-state index contributed by atoms with van der Waals surface area (Å²) in [5.74, 6) is 0. The van der Waals surface area contributed by atoms with Crippen molar-refractivity contribution in [2.45, 2.75) is 0 Å². The third-order valence-electron chi connectivity index (χ3n) is 0. The zero-order valence-corrected chi connectivity index (χ0v) is 4.18. The maximum Gasteiger partial charge on any atom is 0 e. The van der Waals surface area contributed by atoms with Crippen LogP contribution in [0.3, 0.4) is 0 Å². The molecule has 0 fully saturated rings. The summed E-state index contributed by atoms with van der Waals surface area (Å²) in [6, 6.07) is 0. The van der Waals surface area contributed by atoms with Crippen molar-refractivity contribution in [1.82, 2.24) is 0 Å². The van der Waals surface area contributed by atoms with Crippen LogP contribution in [0.5, 0.6) is 0 Å². The topological polar surface area (TPSA) is 0 Å². The Balaban J connectivity index is -0.00000000500. The summed E-state index contributed by atoms with van der Waals surface area (Å²) in [5.41, 5.74) is 0. The fourth-order valence-electron chi connectivity index (χ4n) is 0. The summed E-state index contributed by atoms with van der Waals surface area (Å²) in [5, 5.41) is 0. The zero-order chi connectivity index (χ0) is 2.00. The van der Waals surface area contributed by atoms with Gasteiger partial charge in [-0.3, -0.25) is 0 Å². The molecule has 0 saturated carbocycles. The molecule has 32 valence electrons. The van der Waals surface area contributed by atoms with E-state index >= 15 is 0 Å². The van der Waals surface area contributed by atoms with Crippen molar-refractivity contribution in [2.24, 2.45) is 0 Å². The van der Waals surface area contributed by atoms with Gasteiger partial charge < -0.3 is 0 Å². The van der Waals surface area contributed by atoms with Gasteiger partial charge in [0.1, 0.15) is 0 Å². The van der Waals surface area contributed by atoms with Crippen LogP contribution in [0.4, 0.5) is 0 Å². The molecule has 4 heavy (non-hydrogen) atoms. The fraction of sp³-hybridized carbons (Fsp3) is 0. The molecule has 0 nitrogen and oxygen atoms in total. The summed E-state index contributed by atoms with van der Waals surface area (Å²) in [6.07, 6.45) is 8.00. The Morgan fingerprint density at radius 2 is 1.00 bits per heavy atom. The van der Waals surface area contributed by atoms with E-state index in [9.17, 15) is 0 Å². The van der Waals surface area contributed by atoms with Crippen molar-refractivity contribution in [3.05, 3.63) is 0 Å². The van der Waals surface area contributed by atoms with Crippen molar-refractivity contribution in [2.75, 3.05) is 0 Å². The molecule has 0 aromatic carbocycles. The standard InChI is InChI=1S/C2H2.Ag.Cu/c1-2;;/h1-2H;;. The molecule has 0 atom stereocenters. The smallest absolute Gasteiger partial charge is 0 e. The molecule has 0 aliphatic rings. The average Bonchev–Trinajstić information content (AvgIpc) is 1.00. The van der Waals surface area contributed by atoms with Gasteiger partial charge in [-0.25, -0.2) is 0 Å². The van der Waals surface area contributed by atoms with Gasteiger partial charge in [0.2, 0.25) is 0 Å². The molecule has 0 rings (SSSR count). The number of rotatable bonds is 0. The second kappa shape index (κ2) is 45.2. The van der Waals surface area contributed by atoms with Gasteiger partial charge in [0.05, 0.1) is 0 Å². The Hall–Kier alpha value is 0.820. The Morgan fingerprint density at radius 1 is 1.00 bits per heavy atom. The Morgan fingerprint density at radius 3 is 1.00 bits per heavy atom. The number of hydrogen-bond acceptors (Lipinski definition) is 0. The molecule has 2 radical (unpaired) electrons. The molecule has 0 aromatic rings. The van der Waals surface area contributed by atoms with Crippen LogP contribution < -0.4 is 0 Å². The average molecular weight is 197 g/mol. The largest absolute Gasteiger partial charge is 0.124 e. The predicted octanol–water partition coefficient (Wildman–Crippen LogP) is 0.244. The summed E-state index contributed by atoms with van der Waals surface area (Å²) in [7, 11) is 0. The van der Waals surface area contributed by atoms with Gasteiger partial charge in [0, 0.05) is 39.4 Å². The minimum atomic E-state index is 0. The first-order valence-electron chi connectivity index (χ1n) is 0.333. The van der Waals surface area contributed by atoms with Crippen LogP contribution in [0.2, 0.25) is 0 Å². The third-order valence-corrected chi connectivity index (χ3v) is 0. The fourth-order valence-corrected chi connectivity index (χ4v) is 0. The molecular weight excluding hydrogens is 195 g/mol. The molecule has 2 heteroatoms.